The zero-order valence-electron chi connectivity index (χ0n) is 18.6. The van der Waals surface area contributed by atoms with Crippen molar-refractivity contribution in [3.63, 3.8) is 0 Å². The van der Waals surface area contributed by atoms with Crippen LogP contribution in [0.3, 0.4) is 0 Å². The maximum absolute atomic E-state index is 6.17. The highest BCUT2D eigenvalue weighted by Gasteiger charge is 2.23. The molecule has 2 N–H and O–H groups in total. The van der Waals surface area contributed by atoms with Crippen molar-refractivity contribution >= 4 is 22.5 Å². The second-order valence-electron chi connectivity index (χ2n) is 8.24. The van der Waals surface area contributed by atoms with Crippen LogP contribution < -0.4 is 5.32 Å². The number of aromatic amines is 1. The van der Waals surface area contributed by atoms with Gasteiger partial charge in [0.25, 0.3) is 0 Å². The number of fused-ring (bicyclic) bond motifs is 1. The van der Waals surface area contributed by atoms with Crippen LogP contribution in [0.15, 0.2) is 72.9 Å². The molecule has 7 heteroatoms. The van der Waals surface area contributed by atoms with Crippen LogP contribution in [0, 0.1) is 13.8 Å². The van der Waals surface area contributed by atoms with E-state index in [1.54, 1.807) is 0 Å². The van der Waals surface area contributed by atoms with Crippen molar-refractivity contribution in [3.8, 4) is 5.69 Å². The minimum atomic E-state index is -0.193. The van der Waals surface area contributed by atoms with Gasteiger partial charge < -0.3 is 10.3 Å². The molecule has 0 spiro atoms. The largest absolute Gasteiger partial charge is 0.361 e. The van der Waals surface area contributed by atoms with Crippen LogP contribution in [0.4, 0.5) is 0 Å². The average Bonchev–Trinajstić information content (AvgIpc) is 3.45. The molecular formula is C26H25ClN6. The molecule has 0 radical (unpaired) electrons. The Hall–Kier alpha value is -3.48. The van der Waals surface area contributed by atoms with Crippen LogP contribution in [0.25, 0.3) is 16.6 Å². The predicted molar refractivity (Wildman–Crippen MR) is 132 cm³/mol. The molecule has 1 atom stereocenters. The van der Waals surface area contributed by atoms with Gasteiger partial charge in [0.2, 0.25) is 0 Å². The summed E-state index contributed by atoms with van der Waals surface area (Å²) in [4.78, 5) is 3.36. The van der Waals surface area contributed by atoms with Gasteiger partial charge in [0.15, 0.2) is 5.82 Å². The highest BCUT2D eigenvalue weighted by molar-refractivity contribution is 6.30. The van der Waals surface area contributed by atoms with Gasteiger partial charge in [-0.3, -0.25) is 0 Å². The normalized spacial score (nSPS) is 12.3. The Morgan fingerprint density at radius 3 is 2.52 bits per heavy atom. The zero-order chi connectivity index (χ0) is 22.8. The SMILES string of the molecule is Cc1cccc(C)c1-n1nnnc1C(NCCc1c[nH]c2ccccc12)c1ccc(Cl)cc1. The minimum absolute atomic E-state index is 0.193. The third-order valence-corrected chi connectivity index (χ3v) is 6.28. The van der Waals surface area contributed by atoms with Gasteiger partial charge in [-0.05, 0) is 71.1 Å². The number of H-pyrrole nitrogens is 1. The molecule has 3 aromatic carbocycles. The summed E-state index contributed by atoms with van der Waals surface area (Å²) in [7, 11) is 0. The van der Waals surface area contributed by atoms with Crippen molar-refractivity contribution in [1.29, 1.82) is 0 Å². The van der Waals surface area contributed by atoms with E-state index in [1.807, 2.05) is 41.1 Å². The number of nitrogens with one attached hydrogen (secondary N) is 2. The number of rotatable bonds is 7. The lowest BCUT2D eigenvalue weighted by Gasteiger charge is -2.20. The number of aryl methyl sites for hydroxylation is 2. The second-order valence-corrected chi connectivity index (χ2v) is 8.67. The van der Waals surface area contributed by atoms with Crippen LogP contribution in [-0.2, 0) is 6.42 Å². The van der Waals surface area contributed by atoms with Gasteiger partial charge in [-0.25, -0.2) is 0 Å². The number of aromatic nitrogens is 5. The quantitative estimate of drug-likeness (QED) is 0.347. The van der Waals surface area contributed by atoms with Crippen molar-refractivity contribution in [2.24, 2.45) is 0 Å². The highest BCUT2D eigenvalue weighted by Crippen LogP contribution is 2.26. The molecule has 0 aliphatic heterocycles. The van der Waals surface area contributed by atoms with E-state index in [0.29, 0.717) is 5.02 Å². The molecule has 166 valence electrons. The van der Waals surface area contributed by atoms with E-state index in [1.165, 1.54) is 10.9 Å². The summed E-state index contributed by atoms with van der Waals surface area (Å²) >= 11 is 6.17. The standard InChI is InChI=1S/C26H25ClN6/c1-17-6-5-7-18(2)25(17)33-26(30-31-32-33)24(19-10-12-21(27)13-11-19)28-15-14-20-16-29-23-9-4-3-8-22(20)23/h3-13,16,24,28-29H,14-15H2,1-2H3. The summed E-state index contributed by atoms with van der Waals surface area (Å²) < 4.78 is 1.85. The smallest absolute Gasteiger partial charge is 0.178 e. The minimum Gasteiger partial charge on any atom is -0.361 e. The Balaban J connectivity index is 1.47. The predicted octanol–water partition coefficient (Wildman–Crippen LogP) is 5.34. The number of hydrogen-bond acceptors (Lipinski definition) is 4. The Labute approximate surface area is 197 Å². The maximum atomic E-state index is 6.17. The van der Waals surface area contributed by atoms with Gasteiger partial charge in [0.05, 0.1) is 11.7 Å². The molecule has 5 rings (SSSR count). The van der Waals surface area contributed by atoms with Crippen LogP contribution in [-0.4, -0.2) is 31.7 Å². The molecule has 0 amide bonds. The summed E-state index contributed by atoms with van der Waals surface area (Å²) in [5, 5.41) is 18.5. The first-order valence-corrected chi connectivity index (χ1v) is 11.4. The number of hydrogen-bond donors (Lipinski definition) is 2. The van der Waals surface area contributed by atoms with Gasteiger partial charge in [-0.2, -0.15) is 4.68 Å². The number of para-hydroxylation sites is 2. The summed E-state index contributed by atoms with van der Waals surface area (Å²) in [6, 6.07) is 22.2. The van der Waals surface area contributed by atoms with E-state index >= 15 is 0 Å². The van der Waals surface area contributed by atoms with Gasteiger partial charge >= 0.3 is 0 Å². The van der Waals surface area contributed by atoms with E-state index in [0.717, 1.165) is 46.7 Å². The highest BCUT2D eigenvalue weighted by atomic mass is 35.5. The molecule has 0 aliphatic rings. The van der Waals surface area contributed by atoms with Crippen LogP contribution in [0.2, 0.25) is 5.02 Å². The molecule has 33 heavy (non-hydrogen) atoms. The van der Waals surface area contributed by atoms with Crippen molar-refractivity contribution in [2.75, 3.05) is 6.54 Å². The van der Waals surface area contributed by atoms with Gasteiger partial charge in [-0.15, -0.1) is 5.10 Å². The van der Waals surface area contributed by atoms with E-state index in [9.17, 15) is 0 Å². The molecule has 5 aromatic rings. The van der Waals surface area contributed by atoms with Crippen LogP contribution >= 0.6 is 11.6 Å². The Kier molecular flexibility index (Phi) is 5.94. The summed E-state index contributed by atoms with van der Waals surface area (Å²) in [6.45, 7) is 4.92. The molecule has 0 saturated heterocycles. The fraction of sp³-hybridized carbons (Fsp3) is 0.192. The van der Waals surface area contributed by atoms with E-state index in [2.05, 4.69) is 76.2 Å². The number of halogens is 1. The van der Waals surface area contributed by atoms with E-state index in [4.69, 9.17) is 11.6 Å². The van der Waals surface area contributed by atoms with Gasteiger partial charge in [0, 0.05) is 28.7 Å². The Morgan fingerprint density at radius 1 is 0.970 bits per heavy atom. The van der Waals surface area contributed by atoms with Crippen molar-refractivity contribution < 1.29 is 0 Å². The lowest BCUT2D eigenvalue weighted by atomic mass is 10.0. The molecule has 0 fully saturated rings. The molecule has 1 unspecified atom stereocenters. The number of tetrazole rings is 1. The molecule has 0 bridgehead atoms. The fourth-order valence-corrected chi connectivity index (χ4v) is 4.50. The second kappa shape index (κ2) is 9.17. The molecule has 2 aromatic heterocycles. The summed E-state index contributed by atoms with van der Waals surface area (Å²) in [6.07, 6.45) is 2.96. The fourth-order valence-electron chi connectivity index (χ4n) is 4.38. The molecular weight excluding hydrogens is 432 g/mol. The molecule has 6 nitrogen and oxygen atoms in total. The summed E-state index contributed by atoms with van der Waals surface area (Å²) in [5.74, 6) is 0.744. The first-order chi connectivity index (χ1) is 16.1. The van der Waals surface area contributed by atoms with Crippen LogP contribution in [0.1, 0.15) is 34.1 Å². The summed E-state index contributed by atoms with van der Waals surface area (Å²) in [5.41, 5.74) is 6.74. The van der Waals surface area contributed by atoms with Crippen molar-refractivity contribution in [3.05, 3.63) is 106 Å². The van der Waals surface area contributed by atoms with E-state index in [-0.39, 0.29) is 6.04 Å². The topological polar surface area (TPSA) is 71.4 Å². The van der Waals surface area contributed by atoms with Crippen molar-refractivity contribution in [1.82, 2.24) is 30.5 Å². The maximum Gasteiger partial charge on any atom is 0.178 e. The first-order valence-electron chi connectivity index (χ1n) is 11.0. The third-order valence-electron chi connectivity index (χ3n) is 6.02. The number of benzene rings is 3. The van der Waals surface area contributed by atoms with Gasteiger partial charge in [0.1, 0.15) is 0 Å². The lowest BCUT2D eigenvalue weighted by molar-refractivity contribution is 0.563. The zero-order valence-corrected chi connectivity index (χ0v) is 19.3. The van der Waals surface area contributed by atoms with Crippen LogP contribution in [0.5, 0.6) is 0 Å². The molecule has 0 aliphatic carbocycles. The monoisotopic (exact) mass is 456 g/mol. The average molecular weight is 457 g/mol. The Bertz CT molecular complexity index is 1370. The molecule has 0 saturated carbocycles. The third kappa shape index (κ3) is 4.27. The van der Waals surface area contributed by atoms with E-state index < -0.39 is 0 Å². The van der Waals surface area contributed by atoms with Crippen molar-refractivity contribution in [2.45, 2.75) is 26.3 Å². The Morgan fingerprint density at radius 2 is 1.73 bits per heavy atom. The first kappa shape index (κ1) is 21.4. The number of nitrogens with zero attached hydrogens (tertiary/aromatic N) is 4. The van der Waals surface area contributed by atoms with Gasteiger partial charge in [-0.1, -0.05) is 60.1 Å². The molecule has 2 heterocycles. The lowest BCUT2D eigenvalue weighted by Crippen LogP contribution is -2.28.